The zero-order valence-electron chi connectivity index (χ0n) is 10.5. The molecule has 0 bridgehead atoms. The molecule has 5 heteroatoms. The molecule has 0 aliphatic carbocycles. The molecule has 1 saturated heterocycles. The molecule has 2 N–H and O–H groups in total. The van der Waals surface area contributed by atoms with E-state index >= 15 is 0 Å². The Morgan fingerprint density at radius 1 is 1.37 bits per heavy atom. The van der Waals surface area contributed by atoms with E-state index in [0.717, 1.165) is 23.5 Å². The van der Waals surface area contributed by atoms with Crippen molar-refractivity contribution in [2.75, 3.05) is 13.1 Å². The molecule has 1 aliphatic rings. The highest BCUT2D eigenvalue weighted by Gasteiger charge is 2.25. The molecule has 1 fully saturated rings. The van der Waals surface area contributed by atoms with Gasteiger partial charge in [0.05, 0.1) is 6.20 Å². The van der Waals surface area contributed by atoms with Gasteiger partial charge in [-0.2, -0.15) is 0 Å². The number of carbonyl (C=O) groups excluding carboxylic acids is 1. The summed E-state index contributed by atoms with van der Waals surface area (Å²) < 4.78 is 0. The van der Waals surface area contributed by atoms with Gasteiger partial charge >= 0.3 is 0 Å². The molecule has 1 aromatic heterocycles. The van der Waals surface area contributed by atoms with Crippen molar-refractivity contribution >= 4 is 17.2 Å². The van der Waals surface area contributed by atoms with E-state index in [4.69, 9.17) is 5.73 Å². The first-order valence-corrected chi connectivity index (χ1v) is 7.12. The van der Waals surface area contributed by atoms with Gasteiger partial charge < -0.3 is 10.6 Å². The second-order valence-electron chi connectivity index (χ2n) is 4.70. The average Bonchev–Trinajstić information content (AvgIpc) is 3.08. The van der Waals surface area contributed by atoms with Crippen molar-refractivity contribution in [1.29, 1.82) is 0 Å². The minimum atomic E-state index is 0.0487. The third kappa shape index (κ3) is 2.52. The maximum atomic E-state index is 12.3. The van der Waals surface area contributed by atoms with Crippen LogP contribution >= 0.6 is 11.3 Å². The van der Waals surface area contributed by atoms with E-state index in [0.29, 0.717) is 11.4 Å². The van der Waals surface area contributed by atoms with Gasteiger partial charge in [-0.1, -0.05) is 30.3 Å². The Morgan fingerprint density at radius 2 is 2.16 bits per heavy atom. The largest absolute Gasteiger partial charge is 0.336 e. The number of aromatic nitrogens is 1. The number of likely N-dealkylation sites (tertiary alicyclic amines) is 1. The minimum Gasteiger partial charge on any atom is -0.336 e. The van der Waals surface area contributed by atoms with E-state index in [1.807, 2.05) is 35.2 Å². The summed E-state index contributed by atoms with van der Waals surface area (Å²) >= 11 is 1.44. The summed E-state index contributed by atoms with van der Waals surface area (Å²) in [5, 5.41) is 0.882. The van der Waals surface area contributed by atoms with Crippen molar-refractivity contribution in [1.82, 2.24) is 9.88 Å². The van der Waals surface area contributed by atoms with Gasteiger partial charge in [-0.05, 0) is 6.42 Å². The van der Waals surface area contributed by atoms with Gasteiger partial charge in [0.15, 0.2) is 0 Å². The number of nitrogens with two attached hydrogens (primary N) is 1. The number of nitrogens with zero attached hydrogens (tertiary/aromatic N) is 2. The van der Waals surface area contributed by atoms with Crippen LogP contribution in [0.3, 0.4) is 0 Å². The lowest BCUT2D eigenvalue weighted by Crippen LogP contribution is -2.31. The molecule has 19 heavy (non-hydrogen) atoms. The van der Waals surface area contributed by atoms with E-state index in [9.17, 15) is 4.79 Å². The third-order valence-electron chi connectivity index (χ3n) is 3.25. The normalized spacial score (nSPS) is 18.8. The Morgan fingerprint density at radius 3 is 2.84 bits per heavy atom. The summed E-state index contributed by atoms with van der Waals surface area (Å²) in [6, 6.07) is 10.0. The lowest BCUT2D eigenvalue weighted by Gasteiger charge is -2.13. The van der Waals surface area contributed by atoms with Crippen LogP contribution in [0, 0.1) is 0 Å². The van der Waals surface area contributed by atoms with Crippen molar-refractivity contribution in [3.05, 3.63) is 41.4 Å². The lowest BCUT2D eigenvalue weighted by atomic mass is 10.2. The molecule has 0 radical (unpaired) electrons. The fourth-order valence-electron chi connectivity index (χ4n) is 2.21. The summed E-state index contributed by atoms with van der Waals surface area (Å²) in [7, 11) is 0. The molecular weight excluding hydrogens is 258 g/mol. The number of rotatable bonds is 2. The van der Waals surface area contributed by atoms with Crippen LogP contribution in [0.15, 0.2) is 36.5 Å². The zero-order valence-corrected chi connectivity index (χ0v) is 11.3. The molecule has 1 aliphatic heterocycles. The second-order valence-corrected chi connectivity index (χ2v) is 5.73. The molecule has 1 amide bonds. The molecule has 3 rings (SSSR count). The van der Waals surface area contributed by atoms with Crippen LogP contribution in [0.2, 0.25) is 0 Å². The van der Waals surface area contributed by atoms with Gasteiger partial charge in [0, 0.05) is 24.7 Å². The predicted octanol–water partition coefficient (Wildman–Crippen LogP) is 1.98. The highest BCUT2D eigenvalue weighted by atomic mass is 32.1. The zero-order chi connectivity index (χ0) is 13.2. The van der Waals surface area contributed by atoms with Crippen molar-refractivity contribution in [2.24, 2.45) is 5.73 Å². The average molecular weight is 273 g/mol. The molecular formula is C14H15N3OS. The van der Waals surface area contributed by atoms with Gasteiger partial charge in [-0.15, -0.1) is 11.3 Å². The van der Waals surface area contributed by atoms with Crippen LogP contribution in [-0.2, 0) is 0 Å². The van der Waals surface area contributed by atoms with Crippen LogP contribution in [0.25, 0.3) is 10.6 Å². The molecule has 0 saturated carbocycles. The van der Waals surface area contributed by atoms with Crippen molar-refractivity contribution in [3.8, 4) is 10.6 Å². The van der Waals surface area contributed by atoms with Crippen molar-refractivity contribution in [2.45, 2.75) is 12.5 Å². The third-order valence-corrected chi connectivity index (χ3v) is 4.28. The first-order chi connectivity index (χ1) is 9.24. The number of hydrogen-bond donors (Lipinski definition) is 1. The molecule has 2 aromatic rings. The Hall–Kier alpha value is -1.72. The number of benzene rings is 1. The van der Waals surface area contributed by atoms with Crippen LogP contribution in [0.4, 0.5) is 0 Å². The number of amides is 1. The van der Waals surface area contributed by atoms with Crippen LogP contribution in [-0.4, -0.2) is 34.9 Å². The van der Waals surface area contributed by atoms with E-state index in [1.54, 1.807) is 6.20 Å². The Balaban J connectivity index is 1.80. The van der Waals surface area contributed by atoms with E-state index < -0.39 is 0 Å². The van der Waals surface area contributed by atoms with Gasteiger partial charge in [0.25, 0.3) is 5.91 Å². The molecule has 4 nitrogen and oxygen atoms in total. The smallest absolute Gasteiger partial charge is 0.265 e. The first kappa shape index (κ1) is 12.3. The maximum absolute atomic E-state index is 12.3. The lowest BCUT2D eigenvalue weighted by molar-refractivity contribution is 0.0795. The summed E-state index contributed by atoms with van der Waals surface area (Å²) in [6.45, 7) is 1.40. The summed E-state index contributed by atoms with van der Waals surface area (Å²) in [5.41, 5.74) is 6.88. The number of carbonyl (C=O) groups is 1. The Labute approximate surface area is 115 Å². The quantitative estimate of drug-likeness (QED) is 0.910. The van der Waals surface area contributed by atoms with Gasteiger partial charge in [-0.3, -0.25) is 4.79 Å². The minimum absolute atomic E-state index is 0.0487. The van der Waals surface area contributed by atoms with Crippen molar-refractivity contribution < 1.29 is 4.79 Å². The standard InChI is InChI=1S/C14H15N3OS/c15-11-6-7-17(9-11)14(18)12-8-16-13(19-12)10-4-2-1-3-5-10/h1-5,8,11H,6-7,9,15H2/t11-/m1/s1. The SMILES string of the molecule is N[C@@H]1CCN(C(=O)c2cnc(-c3ccccc3)s2)C1. The van der Waals surface area contributed by atoms with Crippen molar-refractivity contribution in [3.63, 3.8) is 0 Å². The van der Waals surface area contributed by atoms with Gasteiger partial charge in [-0.25, -0.2) is 4.98 Å². The molecule has 1 aromatic carbocycles. The number of hydrogen-bond acceptors (Lipinski definition) is 4. The maximum Gasteiger partial charge on any atom is 0.265 e. The molecule has 1 atom stereocenters. The van der Waals surface area contributed by atoms with Gasteiger partial charge in [0.1, 0.15) is 9.88 Å². The van der Waals surface area contributed by atoms with E-state index in [2.05, 4.69) is 4.98 Å². The fourth-order valence-corrected chi connectivity index (χ4v) is 3.10. The van der Waals surface area contributed by atoms with Crippen LogP contribution in [0.5, 0.6) is 0 Å². The molecule has 98 valence electrons. The molecule has 2 heterocycles. The molecule has 0 unspecified atom stereocenters. The topological polar surface area (TPSA) is 59.2 Å². The number of thiazole rings is 1. The highest BCUT2D eigenvalue weighted by Crippen LogP contribution is 2.26. The van der Waals surface area contributed by atoms with Crippen LogP contribution < -0.4 is 5.73 Å². The highest BCUT2D eigenvalue weighted by molar-refractivity contribution is 7.16. The van der Waals surface area contributed by atoms with E-state index in [1.165, 1.54) is 11.3 Å². The Kier molecular flexibility index (Phi) is 3.31. The molecule has 0 spiro atoms. The first-order valence-electron chi connectivity index (χ1n) is 6.30. The second kappa shape index (κ2) is 5.11. The van der Waals surface area contributed by atoms with Crippen LogP contribution in [0.1, 0.15) is 16.1 Å². The fraction of sp³-hybridized carbons (Fsp3) is 0.286. The summed E-state index contributed by atoms with van der Waals surface area (Å²) in [5.74, 6) is 0.0487. The Bertz CT molecular complexity index is 581. The predicted molar refractivity (Wildman–Crippen MR) is 76.0 cm³/mol. The summed E-state index contributed by atoms with van der Waals surface area (Å²) in [6.07, 6.45) is 2.55. The van der Waals surface area contributed by atoms with E-state index in [-0.39, 0.29) is 11.9 Å². The summed E-state index contributed by atoms with van der Waals surface area (Å²) in [4.78, 5) is 19.1. The monoisotopic (exact) mass is 273 g/mol. The van der Waals surface area contributed by atoms with Gasteiger partial charge in [0.2, 0.25) is 0 Å².